The number of halogens is 3. The smallest absolute Gasteiger partial charge is 0.339 e. The first-order valence-corrected chi connectivity index (χ1v) is 8.93. The summed E-state index contributed by atoms with van der Waals surface area (Å²) in [5, 5.41) is 0.683. The molecular formula is C17H17Cl2IN2O4. The first-order chi connectivity index (χ1) is 12.1. The van der Waals surface area contributed by atoms with Crippen LogP contribution in [0.25, 0.3) is 0 Å². The lowest BCUT2D eigenvalue weighted by Gasteiger charge is -2.09. The lowest BCUT2D eigenvalue weighted by atomic mass is 10.1. The maximum absolute atomic E-state index is 11.3. The lowest BCUT2D eigenvalue weighted by molar-refractivity contribution is 0.0591. The monoisotopic (exact) mass is 510 g/mol. The molecule has 0 bridgehead atoms. The van der Waals surface area contributed by atoms with Crippen molar-refractivity contribution in [3.8, 4) is 0 Å². The molecule has 140 valence electrons. The minimum Gasteiger partial charge on any atom is -0.465 e. The average molecular weight is 511 g/mol. The third-order valence-corrected chi connectivity index (χ3v) is 5.32. The van der Waals surface area contributed by atoms with E-state index in [1.165, 1.54) is 32.4 Å². The van der Waals surface area contributed by atoms with E-state index in [0.29, 0.717) is 32.5 Å². The Hall–Kier alpha value is -1.71. The topological polar surface area (TPSA) is 105 Å². The molecule has 2 aromatic rings. The van der Waals surface area contributed by atoms with Crippen molar-refractivity contribution in [1.29, 1.82) is 0 Å². The first kappa shape index (κ1) is 22.3. The van der Waals surface area contributed by atoms with Gasteiger partial charge in [0.25, 0.3) is 0 Å². The molecule has 0 fully saturated rings. The molecule has 6 nitrogen and oxygen atoms in total. The summed E-state index contributed by atoms with van der Waals surface area (Å²) in [5.74, 6) is -0.859. The number of nitrogens with two attached hydrogens (primary N) is 2. The fraction of sp³-hybridized carbons (Fsp3) is 0.176. The van der Waals surface area contributed by atoms with Gasteiger partial charge in [-0.3, -0.25) is 0 Å². The zero-order valence-corrected chi connectivity index (χ0v) is 17.9. The fourth-order valence-electron chi connectivity index (χ4n) is 1.87. The van der Waals surface area contributed by atoms with Gasteiger partial charge in [0.05, 0.1) is 41.1 Å². The van der Waals surface area contributed by atoms with Crippen LogP contribution in [0.3, 0.4) is 0 Å². The van der Waals surface area contributed by atoms with Gasteiger partial charge in [0.15, 0.2) is 0 Å². The van der Waals surface area contributed by atoms with Crippen molar-refractivity contribution < 1.29 is 19.1 Å². The van der Waals surface area contributed by atoms with E-state index < -0.39 is 11.9 Å². The van der Waals surface area contributed by atoms with Gasteiger partial charge in [-0.05, 0) is 59.3 Å². The van der Waals surface area contributed by atoms with Crippen LogP contribution in [0.1, 0.15) is 26.3 Å². The summed E-state index contributed by atoms with van der Waals surface area (Å²) in [4.78, 5) is 22.3. The van der Waals surface area contributed by atoms with Crippen molar-refractivity contribution in [3.63, 3.8) is 0 Å². The van der Waals surface area contributed by atoms with Gasteiger partial charge in [-0.15, -0.1) is 0 Å². The second-order valence-electron chi connectivity index (χ2n) is 4.98. The quantitative estimate of drug-likeness (QED) is 0.354. The molecule has 0 atom stereocenters. The lowest BCUT2D eigenvalue weighted by Crippen LogP contribution is -2.07. The van der Waals surface area contributed by atoms with E-state index in [-0.39, 0.29) is 0 Å². The first-order valence-electron chi connectivity index (χ1n) is 7.09. The number of ether oxygens (including phenoxy) is 2. The van der Waals surface area contributed by atoms with Gasteiger partial charge >= 0.3 is 11.9 Å². The minimum absolute atomic E-state index is 0.307. The minimum atomic E-state index is -0.458. The molecule has 0 aromatic heterocycles. The van der Waals surface area contributed by atoms with Gasteiger partial charge in [0.2, 0.25) is 0 Å². The van der Waals surface area contributed by atoms with Crippen LogP contribution in [0.15, 0.2) is 24.3 Å². The van der Waals surface area contributed by atoms with Crippen LogP contribution in [0.4, 0.5) is 11.4 Å². The number of benzene rings is 2. The van der Waals surface area contributed by atoms with Crippen molar-refractivity contribution in [2.24, 2.45) is 0 Å². The summed E-state index contributed by atoms with van der Waals surface area (Å²) in [7, 11) is 2.63. The summed E-state index contributed by atoms with van der Waals surface area (Å²) in [5.41, 5.74) is 13.7. The Labute approximate surface area is 174 Å². The van der Waals surface area contributed by atoms with Gasteiger partial charge in [0, 0.05) is 9.26 Å². The van der Waals surface area contributed by atoms with Crippen LogP contribution < -0.4 is 11.5 Å². The van der Waals surface area contributed by atoms with Gasteiger partial charge in [-0.25, -0.2) is 9.59 Å². The highest BCUT2D eigenvalue weighted by Gasteiger charge is 2.15. The molecule has 0 aliphatic carbocycles. The molecule has 0 radical (unpaired) electrons. The maximum Gasteiger partial charge on any atom is 0.339 e. The van der Waals surface area contributed by atoms with Crippen LogP contribution in [-0.4, -0.2) is 26.2 Å². The number of rotatable bonds is 2. The third kappa shape index (κ3) is 5.39. The van der Waals surface area contributed by atoms with E-state index in [1.807, 2.05) is 0 Å². The van der Waals surface area contributed by atoms with Crippen molar-refractivity contribution >= 4 is 69.1 Å². The Morgan fingerprint density at radius 1 is 0.962 bits per heavy atom. The van der Waals surface area contributed by atoms with E-state index in [4.69, 9.17) is 34.7 Å². The Morgan fingerprint density at radius 3 is 2.00 bits per heavy atom. The zero-order valence-electron chi connectivity index (χ0n) is 14.2. The Balaban J connectivity index is 0.000000263. The predicted molar refractivity (Wildman–Crippen MR) is 112 cm³/mol. The SMILES string of the molecule is COC(=O)c1cc(Cl)c(N)c(I)c1C.COC(=O)c1ccc(N)cc1Cl. The van der Waals surface area contributed by atoms with E-state index in [0.717, 1.165) is 9.13 Å². The van der Waals surface area contributed by atoms with E-state index in [2.05, 4.69) is 32.1 Å². The Morgan fingerprint density at radius 2 is 1.50 bits per heavy atom. The second kappa shape index (κ2) is 9.84. The molecule has 0 heterocycles. The second-order valence-corrected chi connectivity index (χ2v) is 6.87. The number of methoxy groups -OCH3 is 2. The third-order valence-electron chi connectivity index (χ3n) is 3.30. The fourth-order valence-corrected chi connectivity index (χ4v) is 3.08. The molecule has 2 aromatic carbocycles. The molecule has 0 saturated heterocycles. The number of esters is 2. The molecule has 0 aliphatic rings. The van der Waals surface area contributed by atoms with Crippen LogP contribution in [0.5, 0.6) is 0 Å². The number of hydrogen-bond acceptors (Lipinski definition) is 6. The van der Waals surface area contributed by atoms with Crippen molar-refractivity contribution in [1.82, 2.24) is 0 Å². The molecule has 0 amide bonds. The summed E-state index contributed by atoms with van der Waals surface area (Å²) in [6.07, 6.45) is 0. The highest BCUT2D eigenvalue weighted by molar-refractivity contribution is 14.1. The van der Waals surface area contributed by atoms with Gasteiger partial charge < -0.3 is 20.9 Å². The van der Waals surface area contributed by atoms with Gasteiger partial charge in [-0.2, -0.15) is 0 Å². The molecule has 0 unspecified atom stereocenters. The molecule has 9 heteroatoms. The van der Waals surface area contributed by atoms with Gasteiger partial charge in [0.1, 0.15) is 0 Å². The summed E-state index contributed by atoms with van der Waals surface area (Å²) in [6.45, 7) is 1.81. The van der Waals surface area contributed by atoms with Gasteiger partial charge in [-0.1, -0.05) is 23.2 Å². The van der Waals surface area contributed by atoms with E-state index in [1.54, 1.807) is 13.0 Å². The maximum atomic E-state index is 11.3. The Bertz CT molecular complexity index is 844. The highest BCUT2D eigenvalue weighted by atomic mass is 127. The van der Waals surface area contributed by atoms with Crippen LogP contribution in [0, 0.1) is 10.5 Å². The van der Waals surface area contributed by atoms with Crippen LogP contribution in [-0.2, 0) is 9.47 Å². The number of carbonyl (C=O) groups is 2. The van der Waals surface area contributed by atoms with Crippen LogP contribution in [0.2, 0.25) is 10.0 Å². The van der Waals surface area contributed by atoms with Crippen molar-refractivity contribution in [2.45, 2.75) is 6.92 Å². The summed E-state index contributed by atoms with van der Waals surface area (Å²) >= 11 is 13.6. The average Bonchev–Trinajstić information content (AvgIpc) is 2.62. The molecule has 26 heavy (non-hydrogen) atoms. The Kier molecular flexibility index (Phi) is 8.45. The zero-order chi connectivity index (χ0) is 20.0. The molecule has 2 rings (SSSR count). The number of hydrogen-bond donors (Lipinski definition) is 2. The highest BCUT2D eigenvalue weighted by Crippen LogP contribution is 2.30. The molecular weight excluding hydrogens is 494 g/mol. The standard InChI is InChI=1S/C9H9ClINO2.C8H8ClNO2/c1-4-5(9(13)14-2)3-6(10)8(12)7(4)11;1-12-8(11)6-3-2-5(10)4-7(6)9/h3H,12H2,1-2H3;2-4H,10H2,1H3. The largest absolute Gasteiger partial charge is 0.465 e. The number of carbonyl (C=O) groups excluding carboxylic acids is 2. The summed E-state index contributed by atoms with van der Waals surface area (Å²) < 4.78 is 9.91. The van der Waals surface area contributed by atoms with Crippen molar-refractivity contribution in [3.05, 3.63) is 54.6 Å². The molecule has 4 N–H and O–H groups in total. The molecule has 0 aliphatic heterocycles. The van der Waals surface area contributed by atoms with Crippen molar-refractivity contribution in [2.75, 3.05) is 25.7 Å². The van der Waals surface area contributed by atoms with E-state index >= 15 is 0 Å². The summed E-state index contributed by atoms with van der Waals surface area (Å²) in [6, 6.07) is 6.16. The number of anilines is 2. The predicted octanol–water partition coefficient (Wildman–Crippen LogP) is 4.33. The van der Waals surface area contributed by atoms with E-state index in [9.17, 15) is 9.59 Å². The molecule has 0 saturated carbocycles. The normalized spacial score (nSPS) is 9.77. The molecule has 0 spiro atoms. The van der Waals surface area contributed by atoms with Crippen LogP contribution >= 0.6 is 45.8 Å². The number of nitrogen functional groups attached to an aromatic ring is 2.